The van der Waals surface area contributed by atoms with E-state index >= 15 is 0 Å². The SMILES string of the molecule is CN(Cc1ccncc1)C(=O)CN(C)S(=O)(=O)c1ccc(C#N)cc1. The van der Waals surface area contributed by atoms with Crippen molar-refractivity contribution in [1.82, 2.24) is 14.2 Å². The predicted molar refractivity (Wildman–Crippen MR) is 91.7 cm³/mol. The Morgan fingerprint density at radius 3 is 2.28 bits per heavy atom. The van der Waals surface area contributed by atoms with Crippen molar-refractivity contribution >= 4 is 15.9 Å². The third-order valence-electron chi connectivity index (χ3n) is 3.64. The number of likely N-dealkylation sites (N-methyl/N-ethyl adjacent to an activating group) is 2. The molecule has 0 N–H and O–H groups in total. The number of benzene rings is 1. The average molecular weight is 358 g/mol. The molecule has 0 atom stereocenters. The van der Waals surface area contributed by atoms with E-state index in [4.69, 9.17) is 5.26 Å². The van der Waals surface area contributed by atoms with E-state index in [-0.39, 0.29) is 17.3 Å². The van der Waals surface area contributed by atoms with Crippen LogP contribution in [-0.2, 0) is 21.4 Å². The van der Waals surface area contributed by atoms with Crippen molar-refractivity contribution < 1.29 is 13.2 Å². The van der Waals surface area contributed by atoms with E-state index in [9.17, 15) is 13.2 Å². The molecule has 0 unspecified atom stereocenters. The number of pyridine rings is 1. The highest BCUT2D eigenvalue weighted by Crippen LogP contribution is 2.15. The largest absolute Gasteiger partial charge is 0.340 e. The van der Waals surface area contributed by atoms with Gasteiger partial charge in [-0.3, -0.25) is 9.78 Å². The normalized spacial score (nSPS) is 11.1. The van der Waals surface area contributed by atoms with Crippen molar-refractivity contribution in [2.45, 2.75) is 11.4 Å². The van der Waals surface area contributed by atoms with Crippen LogP contribution in [0.25, 0.3) is 0 Å². The molecule has 1 aromatic heterocycles. The molecule has 0 fully saturated rings. The van der Waals surface area contributed by atoms with Crippen molar-refractivity contribution in [3.63, 3.8) is 0 Å². The van der Waals surface area contributed by atoms with E-state index in [1.807, 2.05) is 6.07 Å². The van der Waals surface area contributed by atoms with Gasteiger partial charge in [0.05, 0.1) is 23.1 Å². The summed E-state index contributed by atoms with van der Waals surface area (Å²) in [5.41, 5.74) is 1.28. The first kappa shape index (κ1) is 18.6. The minimum atomic E-state index is -3.80. The molecule has 1 heterocycles. The van der Waals surface area contributed by atoms with Crippen LogP contribution in [0.15, 0.2) is 53.7 Å². The summed E-state index contributed by atoms with van der Waals surface area (Å²) in [5.74, 6) is -0.323. The third-order valence-corrected chi connectivity index (χ3v) is 5.46. The molecule has 0 saturated carbocycles. The number of rotatable bonds is 6. The van der Waals surface area contributed by atoms with Crippen LogP contribution in [0.2, 0.25) is 0 Å². The second-order valence-corrected chi connectivity index (χ2v) is 7.55. The number of amides is 1. The maximum Gasteiger partial charge on any atom is 0.243 e. The van der Waals surface area contributed by atoms with Gasteiger partial charge in [0.25, 0.3) is 0 Å². The first-order valence-corrected chi connectivity index (χ1v) is 8.88. The summed E-state index contributed by atoms with van der Waals surface area (Å²) in [6, 6.07) is 11.1. The molecule has 130 valence electrons. The van der Waals surface area contributed by atoms with Crippen LogP contribution in [0.3, 0.4) is 0 Å². The van der Waals surface area contributed by atoms with Crippen molar-refractivity contribution in [1.29, 1.82) is 5.26 Å². The molecule has 0 saturated heterocycles. The lowest BCUT2D eigenvalue weighted by atomic mass is 10.2. The van der Waals surface area contributed by atoms with Crippen molar-refractivity contribution in [3.05, 3.63) is 59.9 Å². The third kappa shape index (κ3) is 4.62. The molecule has 0 bridgehead atoms. The van der Waals surface area contributed by atoms with Crippen molar-refractivity contribution in [3.8, 4) is 6.07 Å². The lowest BCUT2D eigenvalue weighted by molar-refractivity contribution is -0.130. The zero-order chi connectivity index (χ0) is 18.4. The van der Waals surface area contributed by atoms with E-state index < -0.39 is 10.0 Å². The fourth-order valence-corrected chi connectivity index (χ4v) is 3.25. The summed E-state index contributed by atoms with van der Waals surface area (Å²) in [6.07, 6.45) is 3.27. The van der Waals surface area contributed by atoms with Gasteiger partial charge in [-0.25, -0.2) is 8.42 Å². The monoisotopic (exact) mass is 358 g/mol. The summed E-state index contributed by atoms with van der Waals surface area (Å²) in [5, 5.41) is 8.78. The molecule has 0 spiro atoms. The Bertz CT molecular complexity index is 874. The van der Waals surface area contributed by atoms with Gasteiger partial charge in [-0.1, -0.05) is 0 Å². The lowest BCUT2D eigenvalue weighted by Gasteiger charge is -2.22. The Kier molecular flexibility index (Phi) is 5.85. The smallest absolute Gasteiger partial charge is 0.243 e. The number of aromatic nitrogens is 1. The number of hydrogen-bond acceptors (Lipinski definition) is 5. The summed E-state index contributed by atoms with van der Waals surface area (Å²) in [7, 11) is -0.830. The van der Waals surface area contributed by atoms with E-state index in [1.165, 1.54) is 36.2 Å². The fraction of sp³-hybridized carbons (Fsp3) is 0.235. The van der Waals surface area contributed by atoms with Crippen molar-refractivity contribution in [2.75, 3.05) is 20.6 Å². The zero-order valence-electron chi connectivity index (χ0n) is 14.0. The highest BCUT2D eigenvalue weighted by molar-refractivity contribution is 7.89. The van der Waals surface area contributed by atoms with Gasteiger partial charge in [-0.05, 0) is 42.0 Å². The highest BCUT2D eigenvalue weighted by atomic mass is 32.2. The Balaban J connectivity index is 2.05. The van der Waals surface area contributed by atoms with Gasteiger partial charge in [-0.2, -0.15) is 9.57 Å². The molecule has 0 radical (unpaired) electrons. The molecular weight excluding hydrogens is 340 g/mol. The number of carbonyl (C=O) groups is 1. The van der Waals surface area contributed by atoms with Gasteiger partial charge >= 0.3 is 0 Å². The fourth-order valence-electron chi connectivity index (χ4n) is 2.13. The molecule has 25 heavy (non-hydrogen) atoms. The molecule has 7 nitrogen and oxygen atoms in total. The van der Waals surface area contributed by atoms with Crippen LogP contribution in [-0.4, -0.2) is 49.2 Å². The average Bonchev–Trinajstić information content (AvgIpc) is 2.62. The minimum absolute atomic E-state index is 0.0404. The molecule has 0 aliphatic heterocycles. The molecule has 1 amide bonds. The highest BCUT2D eigenvalue weighted by Gasteiger charge is 2.24. The predicted octanol–water partition coefficient (Wildman–Crippen LogP) is 1.23. The molecule has 2 aromatic rings. The van der Waals surface area contributed by atoms with E-state index in [0.29, 0.717) is 12.1 Å². The van der Waals surface area contributed by atoms with Gasteiger partial charge in [0.1, 0.15) is 0 Å². The molecule has 1 aromatic carbocycles. The van der Waals surface area contributed by atoms with Gasteiger partial charge in [0.15, 0.2) is 0 Å². The zero-order valence-corrected chi connectivity index (χ0v) is 14.8. The molecule has 0 aliphatic carbocycles. The number of sulfonamides is 1. The van der Waals surface area contributed by atoms with Crippen molar-refractivity contribution in [2.24, 2.45) is 0 Å². The summed E-state index contributed by atoms with van der Waals surface area (Å²) < 4.78 is 26.0. The van der Waals surface area contributed by atoms with Crippen LogP contribution >= 0.6 is 0 Å². The second-order valence-electron chi connectivity index (χ2n) is 5.50. The number of carbonyl (C=O) groups excluding carboxylic acids is 1. The molecule has 2 rings (SSSR count). The van der Waals surface area contributed by atoms with Crippen LogP contribution in [0.4, 0.5) is 0 Å². The van der Waals surface area contributed by atoms with Crippen LogP contribution < -0.4 is 0 Å². The van der Waals surface area contributed by atoms with Crippen LogP contribution in [0.1, 0.15) is 11.1 Å². The van der Waals surface area contributed by atoms with E-state index in [1.54, 1.807) is 31.6 Å². The number of nitriles is 1. The first-order chi connectivity index (χ1) is 11.8. The van der Waals surface area contributed by atoms with Crippen LogP contribution in [0, 0.1) is 11.3 Å². The topological polar surface area (TPSA) is 94.4 Å². The molecule has 0 aliphatic rings. The quantitative estimate of drug-likeness (QED) is 0.774. The molecule has 8 heteroatoms. The first-order valence-electron chi connectivity index (χ1n) is 7.44. The standard InChI is InChI=1S/C17H18N4O3S/c1-20(12-15-7-9-19-10-8-15)17(22)13-21(2)25(23,24)16-5-3-14(11-18)4-6-16/h3-10H,12-13H2,1-2H3. The van der Waals surface area contributed by atoms with Gasteiger partial charge in [0.2, 0.25) is 15.9 Å². The Labute approximate surface area is 147 Å². The van der Waals surface area contributed by atoms with Gasteiger partial charge in [-0.15, -0.1) is 0 Å². The van der Waals surface area contributed by atoms with Crippen LogP contribution in [0.5, 0.6) is 0 Å². The minimum Gasteiger partial charge on any atom is -0.340 e. The number of nitrogens with zero attached hydrogens (tertiary/aromatic N) is 4. The Hall–Kier alpha value is -2.76. The second kappa shape index (κ2) is 7.88. The maximum absolute atomic E-state index is 12.5. The Morgan fingerprint density at radius 1 is 1.12 bits per heavy atom. The summed E-state index contributed by atoms with van der Waals surface area (Å²) in [4.78, 5) is 17.7. The van der Waals surface area contributed by atoms with E-state index in [2.05, 4.69) is 4.98 Å². The Morgan fingerprint density at radius 2 is 1.72 bits per heavy atom. The van der Waals surface area contributed by atoms with Gasteiger partial charge in [0, 0.05) is 33.0 Å². The lowest BCUT2D eigenvalue weighted by Crippen LogP contribution is -2.39. The summed E-state index contributed by atoms with van der Waals surface area (Å²) >= 11 is 0. The summed E-state index contributed by atoms with van der Waals surface area (Å²) in [6.45, 7) is 0.0933. The molecular formula is C17H18N4O3S. The maximum atomic E-state index is 12.5. The van der Waals surface area contributed by atoms with Gasteiger partial charge < -0.3 is 4.90 Å². The number of hydrogen-bond donors (Lipinski definition) is 0. The van der Waals surface area contributed by atoms with E-state index in [0.717, 1.165) is 9.87 Å².